The highest BCUT2D eigenvalue weighted by Crippen LogP contribution is 2.21. The molecule has 5 heteroatoms. The van der Waals surface area contributed by atoms with E-state index in [1.807, 2.05) is 0 Å². The van der Waals surface area contributed by atoms with Crippen LogP contribution in [0.4, 0.5) is 0 Å². The zero-order chi connectivity index (χ0) is 14.4. The van der Waals surface area contributed by atoms with Crippen LogP contribution in [0, 0.1) is 5.92 Å². The quantitative estimate of drug-likeness (QED) is 0.828. The normalized spacial score (nSPS) is 24.1. The summed E-state index contributed by atoms with van der Waals surface area (Å²) >= 11 is 0. The Labute approximate surface area is 122 Å². The van der Waals surface area contributed by atoms with Crippen molar-refractivity contribution in [3.63, 3.8) is 0 Å². The standard InChI is InChI=1S/C15H29N5/c1-4-8-20-15(17-12-18-20)11-19-9-7-14(16-6-3)13(5-2)10-19/h12-14,16H,4-11H2,1-3H3. The number of aromatic nitrogens is 3. The molecule has 2 unspecified atom stereocenters. The minimum atomic E-state index is 0.690. The highest BCUT2D eigenvalue weighted by molar-refractivity contribution is 4.89. The van der Waals surface area contributed by atoms with Crippen LogP contribution in [0.5, 0.6) is 0 Å². The molecule has 2 heterocycles. The molecule has 0 aliphatic carbocycles. The van der Waals surface area contributed by atoms with E-state index in [4.69, 9.17) is 0 Å². The molecular formula is C15H29N5. The Balaban J connectivity index is 1.92. The molecule has 5 nitrogen and oxygen atoms in total. The molecule has 114 valence electrons. The van der Waals surface area contributed by atoms with Crippen LogP contribution in [-0.4, -0.2) is 45.3 Å². The number of hydrogen-bond donors (Lipinski definition) is 1. The topological polar surface area (TPSA) is 46.0 Å². The highest BCUT2D eigenvalue weighted by Gasteiger charge is 2.27. The molecule has 20 heavy (non-hydrogen) atoms. The Morgan fingerprint density at radius 3 is 2.90 bits per heavy atom. The van der Waals surface area contributed by atoms with Gasteiger partial charge in [-0.05, 0) is 25.3 Å². The molecule has 1 aliphatic rings. The molecule has 1 fully saturated rings. The van der Waals surface area contributed by atoms with Crippen molar-refractivity contribution in [2.75, 3.05) is 19.6 Å². The molecule has 0 saturated carbocycles. The van der Waals surface area contributed by atoms with Gasteiger partial charge in [0.1, 0.15) is 12.2 Å². The van der Waals surface area contributed by atoms with Crippen molar-refractivity contribution in [3.05, 3.63) is 12.2 Å². The van der Waals surface area contributed by atoms with E-state index >= 15 is 0 Å². The molecule has 2 rings (SSSR count). The summed E-state index contributed by atoms with van der Waals surface area (Å²) in [6.07, 6.45) is 5.29. The summed E-state index contributed by atoms with van der Waals surface area (Å²) in [6, 6.07) is 0.690. The van der Waals surface area contributed by atoms with E-state index in [0.717, 1.165) is 44.3 Å². The van der Waals surface area contributed by atoms with Crippen molar-refractivity contribution in [2.45, 2.75) is 59.2 Å². The van der Waals surface area contributed by atoms with Gasteiger partial charge in [0.05, 0.1) is 6.54 Å². The molecule has 0 spiro atoms. The molecule has 0 bridgehead atoms. The summed E-state index contributed by atoms with van der Waals surface area (Å²) in [7, 11) is 0. The van der Waals surface area contributed by atoms with Gasteiger partial charge in [0.15, 0.2) is 0 Å². The highest BCUT2D eigenvalue weighted by atomic mass is 15.3. The van der Waals surface area contributed by atoms with E-state index in [2.05, 4.69) is 45.8 Å². The Kier molecular flexibility index (Phi) is 5.98. The van der Waals surface area contributed by atoms with E-state index < -0.39 is 0 Å². The first-order valence-corrected chi connectivity index (χ1v) is 8.10. The second-order valence-electron chi connectivity index (χ2n) is 5.76. The molecular weight excluding hydrogens is 250 g/mol. The Hall–Kier alpha value is -0.940. The summed E-state index contributed by atoms with van der Waals surface area (Å²) < 4.78 is 2.05. The van der Waals surface area contributed by atoms with Gasteiger partial charge in [0.25, 0.3) is 0 Å². The van der Waals surface area contributed by atoms with Gasteiger partial charge >= 0.3 is 0 Å². The van der Waals surface area contributed by atoms with Gasteiger partial charge in [-0.3, -0.25) is 4.90 Å². The molecule has 1 N–H and O–H groups in total. The maximum atomic E-state index is 4.43. The number of hydrogen-bond acceptors (Lipinski definition) is 4. The molecule has 1 aromatic heterocycles. The smallest absolute Gasteiger partial charge is 0.141 e. The SMILES string of the molecule is CCCn1ncnc1CN1CCC(NCC)C(CC)C1. The van der Waals surface area contributed by atoms with Crippen molar-refractivity contribution in [2.24, 2.45) is 5.92 Å². The van der Waals surface area contributed by atoms with Crippen LogP contribution in [0.25, 0.3) is 0 Å². The molecule has 2 atom stereocenters. The van der Waals surface area contributed by atoms with Crippen molar-refractivity contribution in [1.82, 2.24) is 25.0 Å². The third-order valence-electron chi connectivity index (χ3n) is 4.30. The fourth-order valence-electron chi connectivity index (χ4n) is 3.20. The maximum Gasteiger partial charge on any atom is 0.141 e. The minimum Gasteiger partial charge on any atom is -0.314 e. The average molecular weight is 279 g/mol. The van der Waals surface area contributed by atoms with Crippen molar-refractivity contribution < 1.29 is 0 Å². The van der Waals surface area contributed by atoms with Crippen molar-refractivity contribution >= 4 is 0 Å². The van der Waals surface area contributed by atoms with Gasteiger partial charge in [-0.15, -0.1) is 0 Å². The summed E-state index contributed by atoms with van der Waals surface area (Å²) in [6.45, 7) is 12.0. The fourth-order valence-corrected chi connectivity index (χ4v) is 3.20. The predicted molar refractivity (Wildman–Crippen MR) is 81.5 cm³/mol. The van der Waals surface area contributed by atoms with Crippen LogP contribution < -0.4 is 5.32 Å². The zero-order valence-corrected chi connectivity index (χ0v) is 13.2. The van der Waals surface area contributed by atoms with E-state index in [1.165, 1.54) is 19.4 Å². The molecule has 1 aromatic rings. The minimum absolute atomic E-state index is 0.690. The van der Waals surface area contributed by atoms with Crippen LogP contribution in [-0.2, 0) is 13.1 Å². The first-order chi connectivity index (χ1) is 9.78. The zero-order valence-electron chi connectivity index (χ0n) is 13.2. The lowest BCUT2D eigenvalue weighted by atomic mass is 9.90. The van der Waals surface area contributed by atoms with Crippen LogP contribution >= 0.6 is 0 Å². The monoisotopic (exact) mass is 279 g/mol. The van der Waals surface area contributed by atoms with Gasteiger partial charge < -0.3 is 5.32 Å². The molecule has 1 saturated heterocycles. The lowest BCUT2D eigenvalue weighted by molar-refractivity contribution is 0.125. The third-order valence-corrected chi connectivity index (χ3v) is 4.30. The number of nitrogens with one attached hydrogen (secondary N) is 1. The second-order valence-corrected chi connectivity index (χ2v) is 5.76. The summed E-state index contributed by atoms with van der Waals surface area (Å²) in [4.78, 5) is 6.97. The number of nitrogens with zero attached hydrogens (tertiary/aromatic N) is 4. The Morgan fingerprint density at radius 2 is 2.20 bits per heavy atom. The van der Waals surface area contributed by atoms with E-state index in [1.54, 1.807) is 6.33 Å². The van der Waals surface area contributed by atoms with E-state index in [9.17, 15) is 0 Å². The van der Waals surface area contributed by atoms with E-state index in [0.29, 0.717) is 6.04 Å². The van der Waals surface area contributed by atoms with Crippen LogP contribution in [0.15, 0.2) is 6.33 Å². The first kappa shape index (κ1) is 15.4. The fraction of sp³-hybridized carbons (Fsp3) is 0.867. The Morgan fingerprint density at radius 1 is 1.35 bits per heavy atom. The van der Waals surface area contributed by atoms with Gasteiger partial charge in [-0.25, -0.2) is 9.67 Å². The molecule has 1 aliphatic heterocycles. The Bertz CT molecular complexity index is 389. The summed E-state index contributed by atoms with van der Waals surface area (Å²) in [5, 5.41) is 7.96. The molecule has 0 radical (unpaired) electrons. The average Bonchev–Trinajstić information content (AvgIpc) is 2.88. The van der Waals surface area contributed by atoms with Gasteiger partial charge in [0, 0.05) is 25.7 Å². The first-order valence-electron chi connectivity index (χ1n) is 8.10. The lowest BCUT2D eigenvalue weighted by Gasteiger charge is -2.38. The largest absolute Gasteiger partial charge is 0.314 e. The van der Waals surface area contributed by atoms with Gasteiger partial charge in [-0.2, -0.15) is 5.10 Å². The predicted octanol–water partition coefficient (Wildman–Crippen LogP) is 1.90. The number of aryl methyl sites for hydroxylation is 1. The van der Waals surface area contributed by atoms with Crippen molar-refractivity contribution in [3.8, 4) is 0 Å². The van der Waals surface area contributed by atoms with Gasteiger partial charge in [0.2, 0.25) is 0 Å². The van der Waals surface area contributed by atoms with E-state index in [-0.39, 0.29) is 0 Å². The number of rotatable bonds is 7. The molecule has 0 amide bonds. The lowest BCUT2D eigenvalue weighted by Crippen LogP contribution is -2.49. The van der Waals surface area contributed by atoms with Crippen LogP contribution in [0.3, 0.4) is 0 Å². The van der Waals surface area contributed by atoms with Crippen molar-refractivity contribution in [1.29, 1.82) is 0 Å². The summed E-state index contributed by atoms with van der Waals surface area (Å²) in [5.74, 6) is 1.87. The third kappa shape index (κ3) is 3.79. The maximum absolute atomic E-state index is 4.43. The number of likely N-dealkylation sites (tertiary alicyclic amines) is 1. The second kappa shape index (κ2) is 7.74. The molecule has 0 aromatic carbocycles. The summed E-state index contributed by atoms with van der Waals surface area (Å²) in [5.41, 5.74) is 0. The van der Waals surface area contributed by atoms with Gasteiger partial charge in [-0.1, -0.05) is 27.2 Å². The van der Waals surface area contributed by atoms with Crippen LogP contribution in [0.2, 0.25) is 0 Å². The van der Waals surface area contributed by atoms with Crippen LogP contribution in [0.1, 0.15) is 45.9 Å². The number of piperidine rings is 1.